The van der Waals surface area contributed by atoms with Gasteiger partial charge in [-0.25, -0.2) is 0 Å². The van der Waals surface area contributed by atoms with Crippen LogP contribution >= 0.6 is 0 Å². The second kappa shape index (κ2) is 5.64. The van der Waals surface area contributed by atoms with Crippen molar-refractivity contribution in [1.29, 1.82) is 0 Å². The van der Waals surface area contributed by atoms with Gasteiger partial charge in [-0.15, -0.1) is 0 Å². The fourth-order valence-corrected chi connectivity index (χ4v) is 3.13. The standard InChI is InChI=1S/C17H26N2/c1-13-3-4-15(9-14(13)2)10-18-11-16-7-8-19(12-16)17-5-6-17/h3-4,9,16-18H,5-8,10-12H2,1-2H3. The van der Waals surface area contributed by atoms with Crippen LogP contribution in [0.1, 0.15) is 36.0 Å². The van der Waals surface area contributed by atoms with Crippen LogP contribution in [0.15, 0.2) is 18.2 Å². The number of hydrogen-bond acceptors (Lipinski definition) is 2. The summed E-state index contributed by atoms with van der Waals surface area (Å²) in [6.07, 6.45) is 4.28. The second-order valence-corrected chi connectivity index (χ2v) is 6.43. The van der Waals surface area contributed by atoms with Crippen LogP contribution < -0.4 is 5.32 Å². The summed E-state index contributed by atoms with van der Waals surface area (Å²) in [4.78, 5) is 2.70. The zero-order chi connectivity index (χ0) is 13.2. The Kier molecular flexibility index (Phi) is 3.90. The molecule has 1 aromatic carbocycles. The normalized spacial score (nSPS) is 24.0. The Morgan fingerprint density at radius 3 is 2.74 bits per heavy atom. The highest BCUT2D eigenvalue weighted by Gasteiger charge is 2.33. The minimum Gasteiger partial charge on any atom is -0.312 e. The molecule has 1 saturated heterocycles. The van der Waals surface area contributed by atoms with Crippen LogP contribution in [-0.4, -0.2) is 30.6 Å². The fraction of sp³-hybridized carbons (Fsp3) is 0.647. The van der Waals surface area contributed by atoms with Gasteiger partial charge in [0.15, 0.2) is 0 Å². The van der Waals surface area contributed by atoms with E-state index in [9.17, 15) is 0 Å². The Labute approximate surface area is 117 Å². The lowest BCUT2D eigenvalue weighted by Crippen LogP contribution is -2.27. The van der Waals surface area contributed by atoms with Gasteiger partial charge in [-0.05, 0) is 68.8 Å². The molecule has 1 aromatic rings. The van der Waals surface area contributed by atoms with Crippen molar-refractivity contribution in [2.75, 3.05) is 19.6 Å². The average molecular weight is 258 g/mol. The van der Waals surface area contributed by atoms with Gasteiger partial charge >= 0.3 is 0 Å². The van der Waals surface area contributed by atoms with Crippen LogP contribution in [0.25, 0.3) is 0 Å². The number of aryl methyl sites for hydroxylation is 2. The molecule has 3 rings (SSSR count). The lowest BCUT2D eigenvalue weighted by molar-refractivity contribution is 0.312. The Morgan fingerprint density at radius 2 is 2.00 bits per heavy atom. The first-order chi connectivity index (χ1) is 9.22. The van der Waals surface area contributed by atoms with Gasteiger partial charge in [0.1, 0.15) is 0 Å². The number of hydrogen-bond donors (Lipinski definition) is 1. The van der Waals surface area contributed by atoms with E-state index in [4.69, 9.17) is 0 Å². The van der Waals surface area contributed by atoms with E-state index in [1.54, 1.807) is 0 Å². The molecule has 0 amide bonds. The van der Waals surface area contributed by atoms with E-state index < -0.39 is 0 Å². The van der Waals surface area contributed by atoms with Gasteiger partial charge in [0, 0.05) is 19.1 Å². The van der Waals surface area contributed by atoms with Crippen molar-refractivity contribution in [1.82, 2.24) is 10.2 Å². The smallest absolute Gasteiger partial charge is 0.0205 e. The predicted molar refractivity (Wildman–Crippen MR) is 80.3 cm³/mol. The maximum absolute atomic E-state index is 3.64. The average Bonchev–Trinajstić information content (AvgIpc) is 3.14. The maximum Gasteiger partial charge on any atom is 0.0205 e. The van der Waals surface area contributed by atoms with E-state index in [0.29, 0.717) is 0 Å². The van der Waals surface area contributed by atoms with Gasteiger partial charge in [-0.1, -0.05) is 18.2 Å². The van der Waals surface area contributed by atoms with E-state index in [1.165, 1.54) is 55.6 Å². The van der Waals surface area contributed by atoms with Crippen molar-refractivity contribution in [2.45, 2.75) is 45.7 Å². The summed E-state index contributed by atoms with van der Waals surface area (Å²) in [5.41, 5.74) is 4.21. The molecule has 1 N–H and O–H groups in total. The summed E-state index contributed by atoms with van der Waals surface area (Å²) in [6.45, 7) is 9.23. The number of nitrogens with zero attached hydrogens (tertiary/aromatic N) is 1. The third kappa shape index (κ3) is 3.37. The molecule has 2 fully saturated rings. The van der Waals surface area contributed by atoms with Crippen LogP contribution in [0, 0.1) is 19.8 Å². The van der Waals surface area contributed by atoms with E-state index in [0.717, 1.165) is 18.5 Å². The minimum absolute atomic E-state index is 0.868. The molecule has 1 saturated carbocycles. The molecule has 104 valence electrons. The third-order valence-corrected chi connectivity index (χ3v) is 4.71. The minimum atomic E-state index is 0.868. The molecule has 0 radical (unpaired) electrons. The largest absolute Gasteiger partial charge is 0.312 e. The van der Waals surface area contributed by atoms with E-state index >= 15 is 0 Å². The SMILES string of the molecule is Cc1ccc(CNCC2CCN(C3CC3)C2)cc1C. The van der Waals surface area contributed by atoms with Crippen molar-refractivity contribution < 1.29 is 0 Å². The van der Waals surface area contributed by atoms with Gasteiger partial charge in [-0.3, -0.25) is 0 Å². The first kappa shape index (κ1) is 13.1. The molecule has 1 unspecified atom stereocenters. The first-order valence-corrected chi connectivity index (χ1v) is 7.73. The Morgan fingerprint density at radius 1 is 1.16 bits per heavy atom. The molecule has 2 aliphatic rings. The molecule has 2 nitrogen and oxygen atoms in total. The lowest BCUT2D eigenvalue weighted by atomic mass is 10.1. The van der Waals surface area contributed by atoms with Crippen molar-refractivity contribution in [3.05, 3.63) is 34.9 Å². The summed E-state index contributed by atoms with van der Waals surface area (Å²) in [5, 5.41) is 3.64. The molecule has 2 heteroatoms. The zero-order valence-corrected chi connectivity index (χ0v) is 12.3. The summed E-state index contributed by atoms with van der Waals surface area (Å²) < 4.78 is 0. The number of likely N-dealkylation sites (tertiary alicyclic amines) is 1. The highest BCUT2D eigenvalue weighted by atomic mass is 15.2. The topological polar surface area (TPSA) is 15.3 Å². The summed E-state index contributed by atoms with van der Waals surface area (Å²) in [5.74, 6) is 0.868. The Bertz CT molecular complexity index is 437. The summed E-state index contributed by atoms with van der Waals surface area (Å²) in [7, 11) is 0. The van der Waals surface area contributed by atoms with Crippen LogP contribution in [0.4, 0.5) is 0 Å². The van der Waals surface area contributed by atoms with Crippen LogP contribution in [0.5, 0.6) is 0 Å². The first-order valence-electron chi connectivity index (χ1n) is 7.73. The molecule has 1 atom stereocenters. The van der Waals surface area contributed by atoms with Gasteiger partial charge in [0.25, 0.3) is 0 Å². The van der Waals surface area contributed by atoms with Gasteiger partial charge in [0.2, 0.25) is 0 Å². The van der Waals surface area contributed by atoms with Crippen molar-refractivity contribution in [3.63, 3.8) is 0 Å². The molecular weight excluding hydrogens is 232 g/mol. The maximum atomic E-state index is 3.64. The highest BCUT2D eigenvalue weighted by molar-refractivity contribution is 5.29. The molecule has 19 heavy (non-hydrogen) atoms. The van der Waals surface area contributed by atoms with Crippen LogP contribution in [0.3, 0.4) is 0 Å². The molecule has 1 aliphatic heterocycles. The van der Waals surface area contributed by atoms with Crippen molar-refractivity contribution in [3.8, 4) is 0 Å². The van der Waals surface area contributed by atoms with E-state index in [-0.39, 0.29) is 0 Å². The van der Waals surface area contributed by atoms with Crippen molar-refractivity contribution >= 4 is 0 Å². The number of rotatable bonds is 5. The molecular formula is C17H26N2. The number of nitrogens with one attached hydrogen (secondary N) is 1. The Hall–Kier alpha value is -0.860. The van der Waals surface area contributed by atoms with Crippen LogP contribution in [0.2, 0.25) is 0 Å². The Balaban J connectivity index is 1.41. The summed E-state index contributed by atoms with van der Waals surface area (Å²) >= 11 is 0. The lowest BCUT2D eigenvalue weighted by Gasteiger charge is -2.15. The molecule has 0 spiro atoms. The van der Waals surface area contributed by atoms with Gasteiger partial charge in [0.05, 0.1) is 0 Å². The van der Waals surface area contributed by atoms with Gasteiger partial charge < -0.3 is 10.2 Å². The monoisotopic (exact) mass is 258 g/mol. The zero-order valence-electron chi connectivity index (χ0n) is 12.3. The molecule has 1 aliphatic carbocycles. The highest BCUT2D eigenvalue weighted by Crippen LogP contribution is 2.31. The van der Waals surface area contributed by atoms with Gasteiger partial charge in [-0.2, -0.15) is 0 Å². The van der Waals surface area contributed by atoms with Crippen molar-refractivity contribution in [2.24, 2.45) is 5.92 Å². The fourth-order valence-electron chi connectivity index (χ4n) is 3.13. The second-order valence-electron chi connectivity index (χ2n) is 6.43. The molecule has 0 bridgehead atoms. The molecule has 1 heterocycles. The van der Waals surface area contributed by atoms with E-state index in [2.05, 4.69) is 42.3 Å². The third-order valence-electron chi connectivity index (χ3n) is 4.71. The van der Waals surface area contributed by atoms with E-state index in [1.807, 2.05) is 0 Å². The van der Waals surface area contributed by atoms with Crippen LogP contribution in [-0.2, 0) is 6.54 Å². The quantitative estimate of drug-likeness (QED) is 0.873. The number of benzene rings is 1. The molecule has 0 aromatic heterocycles. The predicted octanol–water partition coefficient (Wildman–Crippen LogP) is 2.88. The summed E-state index contributed by atoms with van der Waals surface area (Å²) in [6, 6.07) is 7.75.